The van der Waals surface area contributed by atoms with Gasteiger partial charge >= 0.3 is 0 Å². The highest BCUT2D eigenvalue weighted by atomic mass is 79.9. The highest BCUT2D eigenvalue weighted by Crippen LogP contribution is 2.28. The van der Waals surface area contributed by atoms with E-state index in [1.54, 1.807) is 0 Å². The van der Waals surface area contributed by atoms with E-state index in [4.69, 9.17) is 0 Å². The average Bonchev–Trinajstić information content (AvgIpc) is 2.26. The molecule has 0 aliphatic heterocycles. The quantitative estimate of drug-likeness (QED) is 0.682. The maximum atomic E-state index is 3.53. The summed E-state index contributed by atoms with van der Waals surface area (Å²) in [5, 5.41) is 2.66. The Bertz CT molecular complexity index is 608. The first kappa shape index (κ1) is 10.5. The molecule has 3 rings (SSSR count). The predicted molar refractivity (Wildman–Crippen MR) is 75.5 cm³/mol. The van der Waals surface area contributed by atoms with E-state index in [9.17, 15) is 0 Å². The number of fused-ring (bicyclic) bond motifs is 2. The molecular formula is C14H10Br2. The maximum Gasteiger partial charge on any atom is 0.0181 e. The number of allylic oxidation sites excluding steroid dienone is 4. The molecule has 1 aromatic rings. The van der Waals surface area contributed by atoms with Gasteiger partial charge in [-0.2, -0.15) is 0 Å². The number of hydrogen-bond donors (Lipinski definition) is 0. The molecule has 0 saturated carbocycles. The van der Waals surface area contributed by atoms with Crippen LogP contribution < -0.4 is 10.4 Å². The zero-order chi connectivity index (χ0) is 11.1. The van der Waals surface area contributed by atoms with E-state index in [0.717, 1.165) is 4.47 Å². The number of rotatable bonds is 0. The van der Waals surface area contributed by atoms with E-state index in [1.165, 1.54) is 14.9 Å². The van der Waals surface area contributed by atoms with Crippen molar-refractivity contribution in [3.63, 3.8) is 0 Å². The summed E-state index contributed by atoms with van der Waals surface area (Å²) in [6, 6.07) is 6.45. The van der Waals surface area contributed by atoms with Gasteiger partial charge in [0.15, 0.2) is 0 Å². The highest BCUT2D eigenvalue weighted by Gasteiger charge is 2.18. The van der Waals surface area contributed by atoms with Crippen molar-refractivity contribution < 1.29 is 0 Å². The summed E-state index contributed by atoms with van der Waals surface area (Å²) in [5.74, 6) is 0.996. The maximum absolute atomic E-state index is 3.53. The molecule has 2 aliphatic rings. The smallest absolute Gasteiger partial charge is 0.0181 e. The molecule has 0 nitrogen and oxygen atoms in total. The minimum atomic E-state index is 0.494. The number of benzene rings is 1. The third kappa shape index (κ3) is 1.85. The van der Waals surface area contributed by atoms with Crippen LogP contribution in [0.1, 0.15) is 0 Å². The first-order valence-corrected chi connectivity index (χ1v) is 6.86. The van der Waals surface area contributed by atoms with Crippen LogP contribution in [0, 0.1) is 11.8 Å². The fraction of sp³-hybridized carbons (Fsp3) is 0.143. The fourth-order valence-electron chi connectivity index (χ4n) is 2.26. The van der Waals surface area contributed by atoms with E-state index in [-0.39, 0.29) is 0 Å². The van der Waals surface area contributed by atoms with Crippen molar-refractivity contribution in [3.05, 3.63) is 55.8 Å². The molecule has 0 saturated heterocycles. The van der Waals surface area contributed by atoms with Crippen LogP contribution >= 0.6 is 31.9 Å². The van der Waals surface area contributed by atoms with Crippen molar-refractivity contribution in [1.29, 1.82) is 0 Å². The average molecular weight is 338 g/mol. The molecule has 1 aromatic carbocycles. The second-order valence-corrected chi connectivity index (χ2v) is 6.00. The van der Waals surface area contributed by atoms with Gasteiger partial charge in [-0.3, -0.25) is 0 Å². The Labute approximate surface area is 111 Å². The van der Waals surface area contributed by atoms with Crippen molar-refractivity contribution in [2.75, 3.05) is 0 Å². The topological polar surface area (TPSA) is 0 Å². The Morgan fingerprint density at radius 1 is 0.875 bits per heavy atom. The zero-order valence-electron chi connectivity index (χ0n) is 8.53. The van der Waals surface area contributed by atoms with Crippen LogP contribution in [0.15, 0.2) is 45.4 Å². The van der Waals surface area contributed by atoms with Crippen molar-refractivity contribution in [1.82, 2.24) is 0 Å². The van der Waals surface area contributed by atoms with Gasteiger partial charge in [0.05, 0.1) is 0 Å². The first-order valence-electron chi connectivity index (χ1n) is 5.27. The summed E-state index contributed by atoms with van der Waals surface area (Å²) in [6.07, 6.45) is 11.4. The molecule has 0 fully saturated rings. The highest BCUT2D eigenvalue weighted by molar-refractivity contribution is 9.12. The van der Waals surface area contributed by atoms with Crippen molar-refractivity contribution in [3.8, 4) is 0 Å². The number of hydrogen-bond acceptors (Lipinski definition) is 0. The third-order valence-corrected chi connectivity index (χ3v) is 4.09. The van der Waals surface area contributed by atoms with Crippen LogP contribution in [0.2, 0.25) is 0 Å². The summed E-state index contributed by atoms with van der Waals surface area (Å²) in [5.41, 5.74) is 0. The normalized spacial score (nSPS) is 26.0. The van der Waals surface area contributed by atoms with Gasteiger partial charge in [-0.1, -0.05) is 68.3 Å². The summed E-state index contributed by atoms with van der Waals surface area (Å²) in [6.45, 7) is 0. The van der Waals surface area contributed by atoms with Crippen molar-refractivity contribution in [2.45, 2.75) is 0 Å². The standard InChI is InChI=1S/C14H10Br2/c15-13-3-1-9-5-12-8-14(16)4-2-10(12)6-11(9)7-13/h1-9,11H. The lowest BCUT2D eigenvalue weighted by Gasteiger charge is -2.22. The summed E-state index contributed by atoms with van der Waals surface area (Å²) in [4.78, 5) is 0. The second-order valence-electron chi connectivity index (χ2n) is 4.17. The Morgan fingerprint density at radius 3 is 2.56 bits per heavy atom. The molecule has 0 spiro atoms. The molecule has 0 heterocycles. The molecule has 0 radical (unpaired) electrons. The lowest BCUT2D eigenvalue weighted by atomic mass is 9.84. The molecule has 0 amide bonds. The van der Waals surface area contributed by atoms with Crippen LogP contribution in [-0.4, -0.2) is 0 Å². The molecule has 16 heavy (non-hydrogen) atoms. The minimum absolute atomic E-state index is 0.494. The van der Waals surface area contributed by atoms with E-state index in [1.807, 2.05) is 0 Å². The van der Waals surface area contributed by atoms with E-state index in [2.05, 4.69) is 80.4 Å². The molecule has 2 unspecified atom stereocenters. The van der Waals surface area contributed by atoms with E-state index >= 15 is 0 Å². The van der Waals surface area contributed by atoms with Gasteiger partial charge < -0.3 is 0 Å². The number of halogens is 2. The van der Waals surface area contributed by atoms with Gasteiger partial charge in [0.2, 0.25) is 0 Å². The van der Waals surface area contributed by atoms with Gasteiger partial charge in [-0.05, 0) is 22.6 Å². The lowest BCUT2D eigenvalue weighted by Crippen LogP contribution is -2.32. The Kier molecular flexibility index (Phi) is 2.64. The summed E-state index contributed by atoms with van der Waals surface area (Å²) in [7, 11) is 0. The van der Waals surface area contributed by atoms with Crippen molar-refractivity contribution >= 4 is 44.0 Å². The Morgan fingerprint density at radius 2 is 1.69 bits per heavy atom. The Hall–Kier alpha value is -0.600. The molecule has 2 atom stereocenters. The van der Waals surface area contributed by atoms with Gasteiger partial charge in [-0.15, -0.1) is 0 Å². The van der Waals surface area contributed by atoms with Crippen LogP contribution in [0.4, 0.5) is 0 Å². The van der Waals surface area contributed by atoms with E-state index < -0.39 is 0 Å². The third-order valence-electron chi connectivity index (χ3n) is 3.07. The molecule has 0 bridgehead atoms. The van der Waals surface area contributed by atoms with E-state index in [0.29, 0.717) is 11.8 Å². The Balaban J connectivity index is 2.21. The molecule has 2 aliphatic carbocycles. The summed E-state index contributed by atoms with van der Waals surface area (Å²) >= 11 is 7.05. The molecule has 80 valence electrons. The molecule has 0 N–H and O–H groups in total. The van der Waals surface area contributed by atoms with Gasteiger partial charge in [0, 0.05) is 20.8 Å². The minimum Gasteiger partial charge on any atom is -0.0756 e. The second kappa shape index (κ2) is 4.01. The van der Waals surface area contributed by atoms with Gasteiger partial charge in [0.25, 0.3) is 0 Å². The SMILES string of the molecule is BrC1=CC2C=c3ccc(Br)cc3=CC2C=C1. The summed E-state index contributed by atoms with van der Waals surface area (Å²) < 4.78 is 2.32. The fourth-order valence-corrected chi connectivity index (χ4v) is 3.10. The van der Waals surface area contributed by atoms with Crippen molar-refractivity contribution in [2.24, 2.45) is 11.8 Å². The van der Waals surface area contributed by atoms with Crippen LogP contribution in [0.3, 0.4) is 0 Å². The lowest BCUT2D eigenvalue weighted by molar-refractivity contribution is 0.722. The van der Waals surface area contributed by atoms with Crippen LogP contribution in [-0.2, 0) is 0 Å². The predicted octanol–water partition coefficient (Wildman–Crippen LogP) is 3.10. The first-order chi connectivity index (χ1) is 7.72. The van der Waals surface area contributed by atoms with Crippen LogP contribution in [0.5, 0.6) is 0 Å². The monoisotopic (exact) mass is 336 g/mol. The van der Waals surface area contributed by atoms with Gasteiger partial charge in [-0.25, -0.2) is 0 Å². The molecule has 0 aromatic heterocycles. The zero-order valence-corrected chi connectivity index (χ0v) is 11.7. The van der Waals surface area contributed by atoms with Crippen LogP contribution in [0.25, 0.3) is 12.2 Å². The van der Waals surface area contributed by atoms with Gasteiger partial charge in [0.1, 0.15) is 0 Å². The molecule has 2 heteroatoms. The molecular weight excluding hydrogens is 328 g/mol. The largest absolute Gasteiger partial charge is 0.0756 e.